The maximum absolute atomic E-state index is 13.2. The summed E-state index contributed by atoms with van der Waals surface area (Å²) < 4.78 is 39.7. The minimum absolute atomic E-state index is 0.0122. The Kier molecular flexibility index (Phi) is 6.05. The van der Waals surface area contributed by atoms with E-state index in [1.807, 2.05) is 42.2 Å². The van der Waals surface area contributed by atoms with Gasteiger partial charge in [0.25, 0.3) is 0 Å². The van der Waals surface area contributed by atoms with Crippen LogP contribution in [0.25, 0.3) is 0 Å². The molecule has 0 bridgehead atoms. The summed E-state index contributed by atoms with van der Waals surface area (Å²) in [6.45, 7) is 3.62. The molecule has 1 N–H and O–H groups in total. The molecule has 1 saturated heterocycles. The van der Waals surface area contributed by atoms with E-state index >= 15 is 0 Å². The number of carboxylic acids is 1. The summed E-state index contributed by atoms with van der Waals surface area (Å²) >= 11 is 0. The van der Waals surface area contributed by atoms with Crippen LogP contribution in [0.15, 0.2) is 54.6 Å². The highest BCUT2D eigenvalue weighted by Crippen LogP contribution is 2.35. The minimum Gasteiger partial charge on any atom is -0.480 e. The predicted octanol–water partition coefficient (Wildman–Crippen LogP) is 3.89. The Morgan fingerprint density at radius 3 is 2.39 bits per heavy atom. The monoisotopic (exact) mass is 392 g/mol. The molecular weight excluding hydrogens is 369 g/mol. The molecule has 4 nitrogen and oxygen atoms in total. The van der Waals surface area contributed by atoms with Gasteiger partial charge in [-0.25, -0.2) is 0 Å². The van der Waals surface area contributed by atoms with Crippen molar-refractivity contribution in [1.82, 2.24) is 9.80 Å². The highest BCUT2D eigenvalue weighted by atomic mass is 19.4. The molecule has 1 fully saturated rings. The molecule has 0 saturated carbocycles. The fourth-order valence-corrected chi connectivity index (χ4v) is 3.80. The fraction of sp³-hybridized carbons (Fsp3) is 0.381. The summed E-state index contributed by atoms with van der Waals surface area (Å²) in [7, 11) is 0. The van der Waals surface area contributed by atoms with Crippen molar-refractivity contribution >= 4 is 5.97 Å². The lowest BCUT2D eigenvalue weighted by Gasteiger charge is -2.43. The molecular formula is C21H23F3N2O2. The van der Waals surface area contributed by atoms with Gasteiger partial charge in [0.05, 0.1) is 18.2 Å². The second-order valence-electron chi connectivity index (χ2n) is 7.14. The molecule has 28 heavy (non-hydrogen) atoms. The van der Waals surface area contributed by atoms with Crippen molar-refractivity contribution in [2.75, 3.05) is 26.2 Å². The SMILES string of the molecule is CC1CN([C@@H](c2ccccc2)c2cccc(C(F)(F)F)c2)CCN1CC(=O)O. The van der Waals surface area contributed by atoms with Gasteiger partial charge in [0.2, 0.25) is 0 Å². The standard InChI is InChI=1S/C21H23F3N2O2/c1-15-13-26(11-10-25(15)14-19(27)28)20(16-6-3-2-4-7-16)17-8-5-9-18(12-17)21(22,23)24/h2-9,12,15,20H,10-11,13-14H2,1H3,(H,27,28)/t15?,20-/m0/s1. The van der Waals surface area contributed by atoms with Crippen molar-refractivity contribution in [3.05, 3.63) is 71.3 Å². The van der Waals surface area contributed by atoms with Crippen LogP contribution in [0.5, 0.6) is 0 Å². The summed E-state index contributed by atoms with van der Waals surface area (Å²) in [5, 5.41) is 9.06. The van der Waals surface area contributed by atoms with E-state index in [-0.39, 0.29) is 18.6 Å². The zero-order chi connectivity index (χ0) is 20.3. The molecule has 3 rings (SSSR count). The van der Waals surface area contributed by atoms with Gasteiger partial charge in [0, 0.05) is 25.7 Å². The van der Waals surface area contributed by atoms with Gasteiger partial charge in [-0.1, -0.05) is 42.5 Å². The van der Waals surface area contributed by atoms with Crippen LogP contribution in [0.2, 0.25) is 0 Å². The molecule has 1 heterocycles. The Labute approximate surface area is 162 Å². The van der Waals surface area contributed by atoms with Crippen LogP contribution in [0.3, 0.4) is 0 Å². The quantitative estimate of drug-likeness (QED) is 0.839. The maximum atomic E-state index is 13.2. The Balaban J connectivity index is 1.93. The molecule has 0 amide bonds. The zero-order valence-electron chi connectivity index (χ0n) is 15.6. The van der Waals surface area contributed by atoms with E-state index < -0.39 is 17.7 Å². The van der Waals surface area contributed by atoms with Gasteiger partial charge < -0.3 is 5.11 Å². The van der Waals surface area contributed by atoms with E-state index in [2.05, 4.69) is 4.90 Å². The molecule has 0 aromatic heterocycles. The van der Waals surface area contributed by atoms with Crippen molar-refractivity contribution in [3.63, 3.8) is 0 Å². The van der Waals surface area contributed by atoms with Crippen molar-refractivity contribution in [1.29, 1.82) is 0 Å². The second-order valence-corrected chi connectivity index (χ2v) is 7.14. The van der Waals surface area contributed by atoms with Gasteiger partial charge in [-0.05, 0) is 30.2 Å². The second kappa shape index (κ2) is 8.32. The molecule has 0 spiro atoms. The number of hydrogen-bond acceptors (Lipinski definition) is 3. The lowest BCUT2D eigenvalue weighted by Crippen LogP contribution is -2.54. The highest BCUT2D eigenvalue weighted by molar-refractivity contribution is 5.69. The van der Waals surface area contributed by atoms with E-state index in [1.54, 1.807) is 6.07 Å². The average Bonchev–Trinajstić information content (AvgIpc) is 2.64. The topological polar surface area (TPSA) is 43.8 Å². The first-order valence-electron chi connectivity index (χ1n) is 9.17. The Morgan fingerprint density at radius 1 is 1.11 bits per heavy atom. The van der Waals surface area contributed by atoms with Gasteiger partial charge >= 0.3 is 12.1 Å². The number of halogens is 3. The van der Waals surface area contributed by atoms with E-state index in [0.717, 1.165) is 11.6 Å². The van der Waals surface area contributed by atoms with Gasteiger partial charge in [-0.2, -0.15) is 13.2 Å². The number of carbonyl (C=O) groups is 1. The van der Waals surface area contributed by atoms with Crippen molar-refractivity contribution in [2.24, 2.45) is 0 Å². The van der Waals surface area contributed by atoms with Gasteiger partial charge in [-0.3, -0.25) is 14.6 Å². The third kappa shape index (κ3) is 4.72. The molecule has 0 radical (unpaired) electrons. The smallest absolute Gasteiger partial charge is 0.416 e. The number of rotatable bonds is 5. The van der Waals surface area contributed by atoms with Gasteiger partial charge in [-0.15, -0.1) is 0 Å². The van der Waals surface area contributed by atoms with Crippen LogP contribution in [0.4, 0.5) is 13.2 Å². The minimum atomic E-state index is -4.40. The molecule has 1 aliphatic rings. The predicted molar refractivity (Wildman–Crippen MR) is 100.0 cm³/mol. The first kappa shape index (κ1) is 20.4. The summed E-state index contributed by atoms with van der Waals surface area (Å²) in [4.78, 5) is 15.1. The normalized spacial score (nSPS) is 20.1. The van der Waals surface area contributed by atoms with Crippen molar-refractivity contribution in [2.45, 2.75) is 25.2 Å². The summed E-state index contributed by atoms with van der Waals surface area (Å²) in [5.74, 6) is -0.877. The molecule has 1 aliphatic heterocycles. The molecule has 1 unspecified atom stereocenters. The number of hydrogen-bond donors (Lipinski definition) is 1. The number of aliphatic carboxylic acids is 1. The number of alkyl halides is 3. The molecule has 2 aromatic carbocycles. The van der Waals surface area contributed by atoms with Crippen LogP contribution in [-0.2, 0) is 11.0 Å². The number of piperazine rings is 1. The van der Waals surface area contributed by atoms with E-state index in [4.69, 9.17) is 5.11 Å². The summed E-state index contributed by atoms with van der Waals surface area (Å²) in [5.41, 5.74) is 0.837. The molecule has 7 heteroatoms. The Hall–Kier alpha value is -2.38. The van der Waals surface area contributed by atoms with Crippen LogP contribution < -0.4 is 0 Å². The lowest BCUT2D eigenvalue weighted by atomic mass is 9.94. The molecule has 150 valence electrons. The van der Waals surface area contributed by atoms with Gasteiger partial charge in [0.1, 0.15) is 0 Å². The number of benzene rings is 2. The zero-order valence-corrected chi connectivity index (χ0v) is 15.6. The summed E-state index contributed by atoms with van der Waals surface area (Å²) in [6, 6.07) is 14.6. The number of carboxylic acid groups (broad SMARTS) is 1. The van der Waals surface area contributed by atoms with Crippen molar-refractivity contribution < 1.29 is 23.1 Å². The van der Waals surface area contributed by atoms with Crippen molar-refractivity contribution in [3.8, 4) is 0 Å². The first-order valence-corrected chi connectivity index (χ1v) is 9.17. The molecule has 2 aromatic rings. The maximum Gasteiger partial charge on any atom is 0.416 e. The molecule has 2 atom stereocenters. The number of nitrogens with zero attached hydrogens (tertiary/aromatic N) is 2. The van der Waals surface area contributed by atoms with Crippen LogP contribution >= 0.6 is 0 Å². The van der Waals surface area contributed by atoms with E-state index in [0.29, 0.717) is 25.2 Å². The Bertz CT molecular complexity index is 811. The third-order valence-electron chi connectivity index (χ3n) is 5.15. The molecule has 0 aliphatic carbocycles. The van der Waals surface area contributed by atoms with Crippen LogP contribution in [0, 0.1) is 0 Å². The lowest BCUT2D eigenvalue weighted by molar-refractivity contribution is -0.139. The Morgan fingerprint density at radius 2 is 1.79 bits per heavy atom. The third-order valence-corrected chi connectivity index (χ3v) is 5.15. The first-order chi connectivity index (χ1) is 13.3. The fourth-order valence-electron chi connectivity index (χ4n) is 3.80. The van der Waals surface area contributed by atoms with Crippen LogP contribution in [0.1, 0.15) is 29.7 Å². The van der Waals surface area contributed by atoms with Gasteiger partial charge in [0.15, 0.2) is 0 Å². The van der Waals surface area contributed by atoms with E-state index in [9.17, 15) is 18.0 Å². The highest BCUT2D eigenvalue weighted by Gasteiger charge is 2.34. The average molecular weight is 392 g/mol. The summed E-state index contributed by atoms with van der Waals surface area (Å²) in [6.07, 6.45) is -4.40. The largest absolute Gasteiger partial charge is 0.480 e. The van der Waals surface area contributed by atoms with Crippen LogP contribution in [-0.4, -0.2) is 53.1 Å². The van der Waals surface area contributed by atoms with E-state index in [1.165, 1.54) is 12.1 Å².